The van der Waals surface area contributed by atoms with E-state index < -0.39 is 9.58 Å². The summed E-state index contributed by atoms with van der Waals surface area (Å²) in [6.45, 7) is 0.720. The van der Waals surface area contributed by atoms with Gasteiger partial charge in [0.1, 0.15) is 0 Å². The number of benzene rings is 2. The summed E-state index contributed by atoms with van der Waals surface area (Å²) in [6, 6.07) is 19.3. The lowest BCUT2D eigenvalue weighted by Gasteiger charge is -2.24. The Kier molecular flexibility index (Phi) is 6.49. The third-order valence-corrected chi connectivity index (χ3v) is 7.49. The number of fused-ring (bicyclic) bond motifs is 2. The number of rotatable bonds is 3. The van der Waals surface area contributed by atoms with E-state index in [2.05, 4.69) is 12.1 Å². The maximum atomic E-state index is 13.7. The molecule has 34 heavy (non-hydrogen) atoms. The van der Waals surface area contributed by atoms with Gasteiger partial charge in [0.2, 0.25) is 5.78 Å². The molecule has 0 saturated heterocycles. The van der Waals surface area contributed by atoms with Crippen molar-refractivity contribution in [3.63, 3.8) is 0 Å². The number of carbonyl (C=O) groups is 2. The largest absolute Gasteiger partial charge is 0.336 e. The van der Waals surface area contributed by atoms with E-state index in [0.29, 0.717) is 30.3 Å². The van der Waals surface area contributed by atoms with E-state index in [1.807, 2.05) is 47.0 Å². The number of Topliss-reactive ketones (excluding diaryl/α,β-unsaturated/α-hetero) is 1. The van der Waals surface area contributed by atoms with Crippen molar-refractivity contribution in [1.29, 1.82) is 0 Å². The minimum absolute atomic E-state index is 0.0773. The minimum atomic E-state index is -2.05. The summed E-state index contributed by atoms with van der Waals surface area (Å²) < 4.78 is -0.209. The molecule has 0 spiro atoms. The number of para-hydroxylation sites is 1. The maximum Gasteiger partial charge on any atom is 0.258 e. The molecule has 1 amide bonds. The van der Waals surface area contributed by atoms with Crippen molar-refractivity contribution in [2.45, 2.75) is 54.9 Å². The van der Waals surface area contributed by atoms with Crippen molar-refractivity contribution >= 4 is 52.2 Å². The molecular formula is C27H25Cl3N2O2. The van der Waals surface area contributed by atoms with Gasteiger partial charge < -0.3 is 9.47 Å². The van der Waals surface area contributed by atoms with Crippen LogP contribution in [0.25, 0.3) is 0 Å². The highest BCUT2D eigenvalue weighted by molar-refractivity contribution is 6.77. The second-order valence-electron chi connectivity index (χ2n) is 9.10. The molecule has 4 nitrogen and oxygen atoms in total. The van der Waals surface area contributed by atoms with Crippen molar-refractivity contribution in [3.8, 4) is 0 Å². The number of hydrogen-bond acceptors (Lipinski definition) is 2. The molecule has 2 heterocycles. The smallest absolute Gasteiger partial charge is 0.258 e. The van der Waals surface area contributed by atoms with Gasteiger partial charge in [0.25, 0.3) is 9.70 Å². The molecular weight excluding hydrogens is 491 g/mol. The van der Waals surface area contributed by atoms with Crippen LogP contribution in [0.3, 0.4) is 0 Å². The molecule has 176 valence electrons. The first kappa shape index (κ1) is 23.5. The van der Waals surface area contributed by atoms with Crippen LogP contribution in [-0.2, 0) is 13.1 Å². The molecule has 0 unspecified atom stereocenters. The molecule has 2 aromatic carbocycles. The van der Waals surface area contributed by atoms with Crippen LogP contribution in [0.5, 0.6) is 0 Å². The summed E-state index contributed by atoms with van der Waals surface area (Å²) in [5, 5.41) is 0. The summed E-state index contributed by atoms with van der Waals surface area (Å²) in [4.78, 5) is 28.2. The van der Waals surface area contributed by atoms with Gasteiger partial charge in [-0.2, -0.15) is 0 Å². The molecule has 0 bridgehead atoms. The quantitative estimate of drug-likeness (QED) is 0.271. The van der Waals surface area contributed by atoms with E-state index in [1.165, 1.54) is 37.7 Å². The average molecular weight is 516 g/mol. The minimum Gasteiger partial charge on any atom is -0.336 e. The standard InChI is InChI=1S/C27H25Cl3N2O2/c28-27(29,30)25(33)24-15-14-22-17-32(23-9-5-4-8-21(23)16-31(22)24)26(34)20-12-10-19(11-13-20)18-6-2-1-3-7-18/h4-5,8-15,18H,1-3,6-7,16-17H2. The van der Waals surface area contributed by atoms with E-state index in [-0.39, 0.29) is 5.91 Å². The zero-order chi connectivity index (χ0) is 23.9. The molecule has 1 fully saturated rings. The maximum absolute atomic E-state index is 13.7. The van der Waals surface area contributed by atoms with Crippen molar-refractivity contribution in [3.05, 3.63) is 88.7 Å². The highest BCUT2D eigenvalue weighted by Gasteiger charge is 2.35. The van der Waals surface area contributed by atoms with Gasteiger partial charge in [-0.15, -0.1) is 0 Å². The third-order valence-electron chi connectivity index (χ3n) is 6.97. The first-order valence-electron chi connectivity index (χ1n) is 11.6. The average Bonchev–Trinajstić information content (AvgIpc) is 3.15. The van der Waals surface area contributed by atoms with E-state index in [1.54, 1.807) is 11.0 Å². The SMILES string of the molecule is O=C(c1ccc(C2CCCCC2)cc1)N1Cc2ccc(C(=O)C(Cl)(Cl)Cl)n2Cc2ccccc21. The molecule has 7 heteroatoms. The van der Waals surface area contributed by atoms with E-state index in [4.69, 9.17) is 34.8 Å². The molecule has 1 aliphatic carbocycles. The molecule has 2 aliphatic rings. The molecule has 1 aliphatic heterocycles. The van der Waals surface area contributed by atoms with E-state index in [0.717, 1.165) is 16.9 Å². The number of halogens is 3. The highest BCUT2D eigenvalue weighted by Crippen LogP contribution is 2.36. The Bertz CT molecular complexity index is 1220. The van der Waals surface area contributed by atoms with Crippen molar-refractivity contribution in [1.82, 2.24) is 4.57 Å². The van der Waals surface area contributed by atoms with Gasteiger partial charge >= 0.3 is 0 Å². The Balaban J connectivity index is 1.48. The fraction of sp³-hybridized carbons (Fsp3) is 0.333. The lowest BCUT2D eigenvalue weighted by atomic mass is 9.84. The van der Waals surface area contributed by atoms with Crippen LogP contribution in [0.1, 0.15) is 75.7 Å². The summed E-state index contributed by atoms with van der Waals surface area (Å²) in [5.41, 5.74) is 4.82. The Morgan fingerprint density at radius 3 is 2.24 bits per heavy atom. The monoisotopic (exact) mass is 514 g/mol. The molecule has 1 saturated carbocycles. The van der Waals surface area contributed by atoms with Crippen LogP contribution in [0, 0.1) is 0 Å². The van der Waals surface area contributed by atoms with E-state index >= 15 is 0 Å². The van der Waals surface area contributed by atoms with Gasteiger partial charge in [-0.1, -0.05) is 84.4 Å². The Morgan fingerprint density at radius 2 is 1.53 bits per heavy atom. The topological polar surface area (TPSA) is 42.3 Å². The predicted octanol–water partition coefficient (Wildman–Crippen LogP) is 7.30. The summed E-state index contributed by atoms with van der Waals surface area (Å²) in [7, 11) is 0. The lowest BCUT2D eigenvalue weighted by Crippen LogP contribution is -2.30. The zero-order valence-corrected chi connectivity index (χ0v) is 20.9. The fourth-order valence-electron chi connectivity index (χ4n) is 5.17. The normalized spacial score (nSPS) is 16.5. The second kappa shape index (κ2) is 9.41. The van der Waals surface area contributed by atoms with Crippen LogP contribution in [0.4, 0.5) is 5.69 Å². The van der Waals surface area contributed by atoms with Crippen molar-refractivity contribution < 1.29 is 9.59 Å². The number of ketones is 1. The highest BCUT2D eigenvalue weighted by atomic mass is 35.6. The number of nitrogens with zero attached hydrogens (tertiary/aromatic N) is 2. The number of hydrogen-bond donors (Lipinski definition) is 0. The Hall–Kier alpha value is -2.27. The van der Waals surface area contributed by atoms with Gasteiger partial charge in [-0.3, -0.25) is 9.59 Å². The van der Waals surface area contributed by atoms with Crippen LogP contribution in [-0.4, -0.2) is 20.1 Å². The second-order valence-corrected chi connectivity index (χ2v) is 11.4. The van der Waals surface area contributed by atoms with Gasteiger partial charge in [-0.25, -0.2) is 0 Å². The number of aromatic nitrogens is 1. The first-order valence-corrected chi connectivity index (χ1v) is 12.8. The number of carbonyl (C=O) groups excluding carboxylic acids is 2. The molecule has 0 atom stereocenters. The van der Waals surface area contributed by atoms with Gasteiger partial charge in [0, 0.05) is 16.9 Å². The molecule has 1 aromatic heterocycles. The fourth-order valence-corrected chi connectivity index (χ4v) is 5.46. The van der Waals surface area contributed by atoms with Crippen LogP contribution in [0.2, 0.25) is 0 Å². The molecule has 5 rings (SSSR count). The van der Waals surface area contributed by atoms with Crippen LogP contribution in [0.15, 0.2) is 60.7 Å². The number of amides is 1. The van der Waals surface area contributed by atoms with Crippen LogP contribution >= 0.6 is 34.8 Å². The lowest BCUT2D eigenvalue weighted by molar-refractivity contribution is 0.0980. The first-order chi connectivity index (χ1) is 16.3. The molecule has 0 N–H and O–H groups in total. The predicted molar refractivity (Wildman–Crippen MR) is 137 cm³/mol. The zero-order valence-electron chi connectivity index (χ0n) is 18.6. The molecule has 3 aromatic rings. The Morgan fingerprint density at radius 1 is 0.824 bits per heavy atom. The summed E-state index contributed by atoms with van der Waals surface area (Å²) >= 11 is 17.7. The van der Waals surface area contributed by atoms with Crippen molar-refractivity contribution in [2.75, 3.05) is 4.90 Å². The van der Waals surface area contributed by atoms with Gasteiger partial charge in [-0.05, 0) is 60.2 Å². The Labute approximate surface area is 214 Å². The summed E-state index contributed by atoms with van der Waals surface area (Å²) in [6.07, 6.45) is 6.31. The third kappa shape index (κ3) is 4.51. The number of anilines is 1. The van der Waals surface area contributed by atoms with Gasteiger partial charge in [0.15, 0.2) is 0 Å². The number of alkyl halides is 3. The van der Waals surface area contributed by atoms with Crippen LogP contribution < -0.4 is 4.90 Å². The summed E-state index contributed by atoms with van der Waals surface area (Å²) in [5.74, 6) is -0.0696. The van der Waals surface area contributed by atoms with E-state index in [9.17, 15) is 9.59 Å². The molecule has 0 radical (unpaired) electrons. The van der Waals surface area contributed by atoms with Crippen molar-refractivity contribution in [2.24, 2.45) is 0 Å². The van der Waals surface area contributed by atoms with Gasteiger partial charge in [0.05, 0.1) is 18.8 Å².